The molecule has 21 heavy (non-hydrogen) atoms. The molecule has 1 aliphatic rings. The first kappa shape index (κ1) is 15.9. The number of carbonyl (C=O) groups excluding carboxylic acids is 1. The molecule has 0 spiro atoms. The number of carbonyl (C=O) groups is 1. The van der Waals surface area contributed by atoms with Crippen LogP contribution in [-0.2, 0) is 14.8 Å². The lowest BCUT2D eigenvalue weighted by Crippen LogP contribution is -2.34. The molecule has 4 N–H and O–H groups in total. The monoisotopic (exact) mass is 311 g/mol. The highest BCUT2D eigenvalue weighted by Crippen LogP contribution is 2.23. The average molecular weight is 311 g/mol. The van der Waals surface area contributed by atoms with Gasteiger partial charge in [-0.05, 0) is 44.0 Å². The fraction of sp³-hybridized carbons (Fsp3) is 0.500. The Labute approximate surface area is 125 Å². The van der Waals surface area contributed by atoms with E-state index in [1.54, 1.807) is 26.0 Å². The highest BCUT2D eigenvalue weighted by Gasteiger charge is 2.27. The molecule has 1 amide bonds. The highest BCUT2D eigenvalue weighted by atomic mass is 32.2. The van der Waals surface area contributed by atoms with Crippen molar-refractivity contribution in [2.75, 3.05) is 5.32 Å². The van der Waals surface area contributed by atoms with Crippen LogP contribution in [0.5, 0.6) is 0 Å². The minimum atomic E-state index is -3.45. The molecule has 1 aliphatic carbocycles. The molecule has 6 nitrogen and oxygen atoms in total. The molecule has 1 saturated carbocycles. The Balaban J connectivity index is 2.03. The van der Waals surface area contributed by atoms with E-state index in [0.717, 1.165) is 12.8 Å². The second-order valence-corrected chi connectivity index (χ2v) is 7.27. The van der Waals surface area contributed by atoms with Gasteiger partial charge in [0, 0.05) is 17.8 Å². The van der Waals surface area contributed by atoms with Crippen molar-refractivity contribution in [1.29, 1.82) is 0 Å². The lowest BCUT2D eigenvalue weighted by molar-refractivity contribution is -0.119. The van der Waals surface area contributed by atoms with Gasteiger partial charge >= 0.3 is 0 Å². The van der Waals surface area contributed by atoms with Gasteiger partial charge in [0.05, 0.1) is 10.8 Å². The van der Waals surface area contributed by atoms with Gasteiger partial charge in [0.1, 0.15) is 0 Å². The van der Waals surface area contributed by atoms with E-state index in [1.807, 2.05) is 0 Å². The number of amides is 1. The summed E-state index contributed by atoms with van der Waals surface area (Å²) in [5.74, 6) is -0.498. The zero-order chi connectivity index (χ0) is 15.6. The van der Waals surface area contributed by atoms with Gasteiger partial charge in [-0.25, -0.2) is 13.1 Å². The van der Waals surface area contributed by atoms with Crippen LogP contribution in [0.25, 0.3) is 0 Å². The largest absolute Gasteiger partial charge is 0.327 e. The van der Waals surface area contributed by atoms with Crippen molar-refractivity contribution >= 4 is 21.6 Å². The molecule has 7 heteroatoms. The first-order valence-electron chi connectivity index (χ1n) is 6.98. The molecule has 116 valence electrons. The average Bonchev–Trinajstić information content (AvgIpc) is 3.21. The number of sulfonamides is 1. The first-order valence-corrected chi connectivity index (χ1v) is 8.47. The molecule has 2 rings (SSSR count). The van der Waals surface area contributed by atoms with E-state index >= 15 is 0 Å². The topological polar surface area (TPSA) is 101 Å². The van der Waals surface area contributed by atoms with Crippen molar-refractivity contribution in [3.63, 3.8) is 0 Å². The second-order valence-electron chi connectivity index (χ2n) is 5.56. The van der Waals surface area contributed by atoms with Crippen LogP contribution in [0.15, 0.2) is 29.2 Å². The summed E-state index contributed by atoms with van der Waals surface area (Å²) in [7, 11) is -3.45. The number of nitrogens with one attached hydrogen (secondary N) is 2. The molecular weight excluding hydrogens is 290 g/mol. The zero-order valence-electron chi connectivity index (χ0n) is 12.2. The summed E-state index contributed by atoms with van der Waals surface area (Å²) in [6.45, 7) is 3.52. The van der Waals surface area contributed by atoms with Crippen molar-refractivity contribution in [3.8, 4) is 0 Å². The highest BCUT2D eigenvalue weighted by molar-refractivity contribution is 7.89. The quantitative estimate of drug-likeness (QED) is 0.731. The van der Waals surface area contributed by atoms with Gasteiger partial charge in [-0.15, -0.1) is 0 Å². The van der Waals surface area contributed by atoms with Crippen LogP contribution in [-0.4, -0.2) is 26.4 Å². The smallest absolute Gasteiger partial charge is 0.240 e. The standard InChI is InChI=1S/C14H21N3O3S/c1-9(10(2)15)14(18)16-11-5-7-13(8-6-11)21(19,20)17-12-3-4-12/h5-10,12,17H,3-4,15H2,1-2H3,(H,16,18). The Morgan fingerprint density at radius 3 is 2.29 bits per heavy atom. The summed E-state index contributed by atoms with van der Waals surface area (Å²) in [6.07, 6.45) is 1.78. The minimum Gasteiger partial charge on any atom is -0.327 e. The molecule has 1 fully saturated rings. The molecule has 0 radical (unpaired) electrons. The van der Waals surface area contributed by atoms with Crippen molar-refractivity contribution in [3.05, 3.63) is 24.3 Å². The SMILES string of the molecule is CC(N)C(C)C(=O)Nc1ccc(S(=O)(=O)NC2CC2)cc1. The van der Waals surface area contributed by atoms with Crippen LogP contribution in [0.1, 0.15) is 26.7 Å². The molecule has 0 saturated heterocycles. The van der Waals surface area contributed by atoms with Gasteiger partial charge in [0.2, 0.25) is 15.9 Å². The molecule has 0 aromatic heterocycles. The summed E-state index contributed by atoms with van der Waals surface area (Å²) in [4.78, 5) is 12.1. The van der Waals surface area contributed by atoms with Crippen LogP contribution in [0.4, 0.5) is 5.69 Å². The van der Waals surface area contributed by atoms with Crippen LogP contribution >= 0.6 is 0 Å². The number of anilines is 1. The number of nitrogens with two attached hydrogens (primary N) is 1. The van der Waals surface area contributed by atoms with E-state index < -0.39 is 10.0 Å². The van der Waals surface area contributed by atoms with E-state index in [9.17, 15) is 13.2 Å². The van der Waals surface area contributed by atoms with Gasteiger partial charge in [0.15, 0.2) is 0 Å². The van der Waals surface area contributed by atoms with Crippen LogP contribution < -0.4 is 15.8 Å². The summed E-state index contributed by atoms with van der Waals surface area (Å²) >= 11 is 0. The Morgan fingerprint density at radius 1 is 1.24 bits per heavy atom. The zero-order valence-corrected chi connectivity index (χ0v) is 13.0. The second kappa shape index (κ2) is 6.13. The van der Waals surface area contributed by atoms with Crippen molar-refractivity contribution < 1.29 is 13.2 Å². The van der Waals surface area contributed by atoms with E-state index in [4.69, 9.17) is 5.73 Å². The third kappa shape index (κ3) is 4.26. The molecular formula is C14H21N3O3S. The van der Waals surface area contributed by atoms with Crippen molar-refractivity contribution in [2.45, 2.75) is 43.7 Å². The third-order valence-corrected chi connectivity index (χ3v) is 5.07. The Morgan fingerprint density at radius 2 is 1.81 bits per heavy atom. The number of rotatable bonds is 6. The fourth-order valence-corrected chi connectivity index (χ4v) is 3.01. The van der Waals surface area contributed by atoms with E-state index in [1.165, 1.54) is 12.1 Å². The van der Waals surface area contributed by atoms with Gasteiger partial charge in [-0.2, -0.15) is 0 Å². The number of hydrogen-bond donors (Lipinski definition) is 3. The lowest BCUT2D eigenvalue weighted by Gasteiger charge is -2.15. The third-order valence-electron chi connectivity index (χ3n) is 3.53. The molecule has 1 aromatic rings. The van der Waals surface area contributed by atoms with Gasteiger partial charge in [-0.1, -0.05) is 6.92 Å². The van der Waals surface area contributed by atoms with Gasteiger partial charge in [-0.3, -0.25) is 4.79 Å². The minimum absolute atomic E-state index is 0.0706. The fourth-order valence-electron chi connectivity index (χ4n) is 1.70. The molecule has 1 aromatic carbocycles. The van der Waals surface area contributed by atoms with Crippen molar-refractivity contribution in [2.24, 2.45) is 11.7 Å². The van der Waals surface area contributed by atoms with E-state index in [2.05, 4.69) is 10.0 Å². The van der Waals surface area contributed by atoms with E-state index in [-0.39, 0.29) is 28.8 Å². The Hall–Kier alpha value is -1.44. The van der Waals surface area contributed by atoms with Crippen molar-refractivity contribution in [1.82, 2.24) is 4.72 Å². The van der Waals surface area contributed by atoms with Gasteiger partial charge in [0.25, 0.3) is 0 Å². The Bertz CT molecular complexity index is 607. The first-order chi connectivity index (χ1) is 9.79. The molecule has 0 bridgehead atoms. The lowest BCUT2D eigenvalue weighted by atomic mass is 10.0. The predicted molar refractivity (Wildman–Crippen MR) is 81.2 cm³/mol. The summed E-state index contributed by atoms with van der Waals surface area (Å²) < 4.78 is 26.6. The van der Waals surface area contributed by atoms with Gasteiger partial charge < -0.3 is 11.1 Å². The van der Waals surface area contributed by atoms with Crippen LogP contribution in [0.3, 0.4) is 0 Å². The Kier molecular flexibility index (Phi) is 4.65. The summed E-state index contributed by atoms with van der Waals surface area (Å²) in [5.41, 5.74) is 6.23. The molecule has 2 unspecified atom stereocenters. The van der Waals surface area contributed by atoms with Crippen LogP contribution in [0, 0.1) is 5.92 Å². The molecule has 0 heterocycles. The molecule has 2 atom stereocenters. The number of benzene rings is 1. The maximum atomic E-state index is 12.0. The maximum absolute atomic E-state index is 12.0. The summed E-state index contributed by atoms with van der Waals surface area (Å²) in [6, 6.07) is 5.95. The maximum Gasteiger partial charge on any atom is 0.240 e. The number of hydrogen-bond acceptors (Lipinski definition) is 4. The predicted octanol–water partition coefficient (Wildman–Crippen LogP) is 1.05. The molecule has 0 aliphatic heterocycles. The normalized spacial score (nSPS) is 18.0. The summed E-state index contributed by atoms with van der Waals surface area (Å²) in [5, 5.41) is 2.72. The van der Waals surface area contributed by atoms with Crippen LogP contribution in [0.2, 0.25) is 0 Å². The van der Waals surface area contributed by atoms with E-state index in [0.29, 0.717) is 5.69 Å².